The van der Waals surface area contributed by atoms with E-state index in [-0.39, 0.29) is 12.5 Å². The molecular formula is C13H12N4O2. The largest absolute Gasteiger partial charge is 0.482 e. The summed E-state index contributed by atoms with van der Waals surface area (Å²) in [4.78, 5) is 21.8. The summed E-state index contributed by atoms with van der Waals surface area (Å²) in [5.41, 5.74) is 6.99. The number of ether oxygens (including phenoxy) is 1. The topological polar surface area (TPSA) is 81.3 Å². The number of anilines is 2. The molecule has 0 radical (unpaired) electrons. The molecular weight excluding hydrogens is 244 g/mol. The van der Waals surface area contributed by atoms with Gasteiger partial charge in [0.1, 0.15) is 11.6 Å². The van der Waals surface area contributed by atoms with E-state index in [1.807, 2.05) is 0 Å². The number of aromatic nitrogens is 2. The molecule has 0 saturated carbocycles. The number of carbonyl (C=O) groups excluding carboxylic acids is 1. The predicted octanol–water partition coefficient (Wildman–Crippen LogP) is 0.984. The fraction of sp³-hybridized carbons (Fsp3) is 0.154. The Labute approximate surface area is 109 Å². The van der Waals surface area contributed by atoms with E-state index in [1.165, 1.54) is 0 Å². The fourth-order valence-corrected chi connectivity index (χ4v) is 1.95. The average Bonchev–Trinajstić information content (AvgIpc) is 2.43. The summed E-state index contributed by atoms with van der Waals surface area (Å²) in [5, 5.41) is 0. The van der Waals surface area contributed by atoms with Gasteiger partial charge in [0.05, 0.1) is 12.2 Å². The molecule has 6 nitrogen and oxygen atoms in total. The van der Waals surface area contributed by atoms with E-state index in [0.29, 0.717) is 29.5 Å². The molecule has 2 N–H and O–H groups in total. The summed E-state index contributed by atoms with van der Waals surface area (Å²) < 4.78 is 5.37. The van der Waals surface area contributed by atoms with Gasteiger partial charge in [-0.05, 0) is 24.3 Å². The normalized spacial score (nSPS) is 13.9. The first-order valence-electron chi connectivity index (χ1n) is 5.82. The molecule has 0 saturated heterocycles. The first-order valence-corrected chi connectivity index (χ1v) is 5.82. The zero-order valence-electron chi connectivity index (χ0n) is 10.1. The van der Waals surface area contributed by atoms with Gasteiger partial charge in [-0.1, -0.05) is 0 Å². The van der Waals surface area contributed by atoms with E-state index < -0.39 is 0 Å². The van der Waals surface area contributed by atoms with Crippen molar-refractivity contribution in [1.29, 1.82) is 0 Å². The zero-order chi connectivity index (χ0) is 13.2. The molecule has 3 rings (SSSR count). The summed E-state index contributed by atoms with van der Waals surface area (Å²) >= 11 is 0. The van der Waals surface area contributed by atoms with Crippen molar-refractivity contribution in [3.05, 3.63) is 42.5 Å². The molecule has 0 bridgehead atoms. The highest BCUT2D eigenvalue weighted by Gasteiger charge is 2.26. The summed E-state index contributed by atoms with van der Waals surface area (Å²) in [6.45, 7) is 0.323. The Morgan fingerprint density at radius 1 is 1.32 bits per heavy atom. The van der Waals surface area contributed by atoms with Crippen molar-refractivity contribution in [2.45, 2.75) is 6.54 Å². The molecule has 96 valence electrons. The number of fused-ring (bicyclic) bond motifs is 1. The van der Waals surface area contributed by atoms with Gasteiger partial charge in [0.2, 0.25) is 0 Å². The lowest BCUT2D eigenvalue weighted by molar-refractivity contribution is -0.121. The van der Waals surface area contributed by atoms with Gasteiger partial charge in [-0.25, -0.2) is 9.97 Å². The van der Waals surface area contributed by atoms with Gasteiger partial charge in [-0.3, -0.25) is 9.69 Å². The molecule has 2 aromatic rings. The van der Waals surface area contributed by atoms with Crippen LogP contribution in [0.25, 0.3) is 0 Å². The Morgan fingerprint density at radius 2 is 2.11 bits per heavy atom. The minimum atomic E-state index is -0.134. The monoisotopic (exact) mass is 256 g/mol. The molecule has 1 aliphatic rings. The smallest absolute Gasteiger partial charge is 0.265 e. The lowest BCUT2D eigenvalue weighted by Crippen LogP contribution is -2.38. The molecule has 1 amide bonds. The van der Waals surface area contributed by atoms with Gasteiger partial charge in [0.25, 0.3) is 5.91 Å². The first kappa shape index (κ1) is 11.5. The number of benzene rings is 1. The Hall–Kier alpha value is -2.63. The summed E-state index contributed by atoms with van der Waals surface area (Å²) in [7, 11) is 0. The Kier molecular flexibility index (Phi) is 2.75. The second-order valence-electron chi connectivity index (χ2n) is 4.16. The molecule has 6 heteroatoms. The average molecular weight is 256 g/mol. The maximum absolute atomic E-state index is 12.0. The molecule has 1 aliphatic heterocycles. The van der Waals surface area contributed by atoms with Gasteiger partial charge in [-0.2, -0.15) is 0 Å². The van der Waals surface area contributed by atoms with E-state index in [1.54, 1.807) is 41.6 Å². The van der Waals surface area contributed by atoms with Crippen LogP contribution in [-0.4, -0.2) is 22.5 Å². The van der Waals surface area contributed by atoms with Gasteiger partial charge < -0.3 is 10.5 Å². The molecule has 19 heavy (non-hydrogen) atoms. The number of hydrogen-bond donors (Lipinski definition) is 1. The van der Waals surface area contributed by atoms with E-state index in [4.69, 9.17) is 10.5 Å². The SMILES string of the molecule is Nc1ccc2c(c1)N(Cc1ncccn1)C(=O)CO2. The molecule has 0 unspecified atom stereocenters. The van der Waals surface area contributed by atoms with Crippen molar-refractivity contribution in [1.82, 2.24) is 9.97 Å². The summed E-state index contributed by atoms with van der Waals surface area (Å²) in [5.74, 6) is 1.08. The predicted molar refractivity (Wildman–Crippen MR) is 69.6 cm³/mol. The number of carbonyl (C=O) groups is 1. The Morgan fingerprint density at radius 3 is 2.89 bits per heavy atom. The van der Waals surface area contributed by atoms with Crippen LogP contribution in [0.4, 0.5) is 11.4 Å². The van der Waals surface area contributed by atoms with E-state index >= 15 is 0 Å². The van der Waals surface area contributed by atoms with Crippen molar-refractivity contribution >= 4 is 17.3 Å². The van der Waals surface area contributed by atoms with Crippen molar-refractivity contribution < 1.29 is 9.53 Å². The van der Waals surface area contributed by atoms with Gasteiger partial charge >= 0.3 is 0 Å². The van der Waals surface area contributed by atoms with Crippen LogP contribution in [-0.2, 0) is 11.3 Å². The van der Waals surface area contributed by atoms with Crippen LogP contribution in [0.5, 0.6) is 5.75 Å². The molecule has 0 spiro atoms. The third-order valence-corrected chi connectivity index (χ3v) is 2.84. The van der Waals surface area contributed by atoms with Gasteiger partial charge in [-0.15, -0.1) is 0 Å². The highest BCUT2D eigenvalue weighted by Crippen LogP contribution is 2.34. The maximum Gasteiger partial charge on any atom is 0.265 e. The molecule has 0 aliphatic carbocycles. The van der Waals surface area contributed by atoms with Crippen molar-refractivity contribution in [3.8, 4) is 5.75 Å². The van der Waals surface area contributed by atoms with E-state index in [9.17, 15) is 4.79 Å². The lowest BCUT2D eigenvalue weighted by atomic mass is 10.2. The van der Waals surface area contributed by atoms with Crippen molar-refractivity contribution in [3.63, 3.8) is 0 Å². The molecule has 0 atom stereocenters. The third-order valence-electron chi connectivity index (χ3n) is 2.84. The van der Waals surface area contributed by atoms with Crippen LogP contribution in [0.15, 0.2) is 36.7 Å². The first-order chi connectivity index (χ1) is 9.24. The van der Waals surface area contributed by atoms with E-state index in [0.717, 1.165) is 0 Å². The van der Waals surface area contributed by atoms with Crippen LogP contribution in [0.3, 0.4) is 0 Å². The number of hydrogen-bond acceptors (Lipinski definition) is 5. The molecule has 1 aromatic carbocycles. The maximum atomic E-state index is 12.0. The van der Waals surface area contributed by atoms with Crippen LogP contribution < -0.4 is 15.4 Å². The molecule has 2 heterocycles. The van der Waals surface area contributed by atoms with Crippen LogP contribution in [0.2, 0.25) is 0 Å². The second-order valence-corrected chi connectivity index (χ2v) is 4.16. The number of nitrogens with zero attached hydrogens (tertiary/aromatic N) is 3. The zero-order valence-corrected chi connectivity index (χ0v) is 10.1. The second kappa shape index (κ2) is 4.56. The van der Waals surface area contributed by atoms with Crippen LogP contribution >= 0.6 is 0 Å². The fourth-order valence-electron chi connectivity index (χ4n) is 1.95. The van der Waals surface area contributed by atoms with E-state index in [2.05, 4.69) is 9.97 Å². The van der Waals surface area contributed by atoms with Crippen molar-refractivity contribution in [2.24, 2.45) is 0 Å². The summed E-state index contributed by atoms with van der Waals surface area (Å²) in [6, 6.07) is 6.95. The van der Waals surface area contributed by atoms with Gasteiger partial charge in [0.15, 0.2) is 6.61 Å². The quantitative estimate of drug-likeness (QED) is 0.810. The number of rotatable bonds is 2. The minimum absolute atomic E-state index is 0.0176. The highest BCUT2D eigenvalue weighted by atomic mass is 16.5. The van der Waals surface area contributed by atoms with Crippen molar-refractivity contribution in [2.75, 3.05) is 17.2 Å². The van der Waals surface area contributed by atoms with Crippen LogP contribution in [0.1, 0.15) is 5.82 Å². The molecule has 1 aromatic heterocycles. The lowest BCUT2D eigenvalue weighted by Gasteiger charge is -2.28. The van der Waals surface area contributed by atoms with Crippen LogP contribution in [0, 0.1) is 0 Å². The highest BCUT2D eigenvalue weighted by molar-refractivity contribution is 5.98. The minimum Gasteiger partial charge on any atom is -0.482 e. The standard InChI is InChI=1S/C13H12N4O2/c14-9-2-3-11-10(6-9)17(13(18)8-19-11)7-12-15-4-1-5-16-12/h1-6H,7-8,14H2. The Bertz CT molecular complexity index is 615. The number of nitrogen functional groups attached to an aromatic ring is 1. The Balaban J connectivity index is 1.97. The summed E-state index contributed by atoms with van der Waals surface area (Å²) in [6.07, 6.45) is 3.29. The van der Waals surface area contributed by atoms with Gasteiger partial charge in [0, 0.05) is 18.1 Å². The number of amides is 1. The molecule has 0 fully saturated rings. The number of nitrogens with two attached hydrogens (primary N) is 1. The third kappa shape index (κ3) is 2.20.